The van der Waals surface area contributed by atoms with Crippen LogP contribution in [0.1, 0.15) is 70.6 Å². The van der Waals surface area contributed by atoms with Gasteiger partial charge in [-0.1, -0.05) is 25.1 Å². The zero-order chi connectivity index (χ0) is 33.3. The molecule has 0 radical (unpaired) electrons. The predicted octanol–water partition coefficient (Wildman–Crippen LogP) is 7.60. The zero-order valence-electron chi connectivity index (χ0n) is 27.9. The number of piperidine rings is 1. The number of hydrogen-bond acceptors (Lipinski definition) is 8. The summed E-state index contributed by atoms with van der Waals surface area (Å²) in [6, 6.07) is 18.9. The van der Waals surface area contributed by atoms with Crippen LogP contribution in [0.2, 0.25) is 0 Å². The van der Waals surface area contributed by atoms with E-state index < -0.39 is 17.0 Å². The molecule has 246 valence electrons. The first-order valence-electron chi connectivity index (χ1n) is 16.3. The van der Waals surface area contributed by atoms with Crippen molar-refractivity contribution < 1.29 is 33.3 Å². The molecule has 1 atom stereocenters. The van der Waals surface area contributed by atoms with Gasteiger partial charge in [-0.2, -0.15) is 0 Å². The van der Waals surface area contributed by atoms with Crippen LogP contribution in [0.25, 0.3) is 11.1 Å². The van der Waals surface area contributed by atoms with E-state index in [9.17, 15) is 9.59 Å². The summed E-state index contributed by atoms with van der Waals surface area (Å²) in [5.74, 6) is 1.93. The molecule has 3 aliphatic rings. The molecule has 3 heterocycles. The summed E-state index contributed by atoms with van der Waals surface area (Å²) in [6.45, 7) is 16.9. The summed E-state index contributed by atoms with van der Waals surface area (Å²) in [7, 11) is 0. The van der Waals surface area contributed by atoms with E-state index in [-0.39, 0.29) is 12.6 Å². The van der Waals surface area contributed by atoms with E-state index in [1.807, 2.05) is 64.1 Å². The van der Waals surface area contributed by atoms with E-state index in [1.165, 1.54) is 19.3 Å². The first-order chi connectivity index (χ1) is 22.4. The number of fused-ring (bicyclic) bond motifs is 4. The van der Waals surface area contributed by atoms with Crippen molar-refractivity contribution in [3.8, 4) is 28.7 Å². The second kappa shape index (κ2) is 12.9. The van der Waals surface area contributed by atoms with Crippen molar-refractivity contribution in [3.63, 3.8) is 0 Å². The number of ether oxygens (including phenoxy) is 5. The SMILES string of the molecule is C=C(C)C(=O)Oc1ccc2c(c1)OC(C)(c1ccc(OCCN3CCCCC3)cc1)C1=C2COc2cc(OC(=O)C(C)(C)C)ccc21. The van der Waals surface area contributed by atoms with Gasteiger partial charge in [-0.15, -0.1) is 0 Å². The minimum Gasteiger partial charge on any atom is -0.492 e. The molecular weight excluding hydrogens is 594 g/mol. The molecule has 8 heteroatoms. The van der Waals surface area contributed by atoms with Crippen LogP contribution in [-0.4, -0.2) is 49.7 Å². The van der Waals surface area contributed by atoms with Gasteiger partial charge in [-0.05, 0) is 103 Å². The lowest BCUT2D eigenvalue weighted by Gasteiger charge is -2.42. The molecular formula is C39H43NO7. The molecule has 0 spiro atoms. The highest BCUT2D eigenvalue weighted by molar-refractivity contribution is 6.01. The lowest BCUT2D eigenvalue weighted by atomic mass is 9.76. The molecule has 8 nitrogen and oxygen atoms in total. The van der Waals surface area contributed by atoms with Crippen LogP contribution in [0.3, 0.4) is 0 Å². The fourth-order valence-corrected chi connectivity index (χ4v) is 6.21. The van der Waals surface area contributed by atoms with Gasteiger partial charge in [0, 0.05) is 46.5 Å². The van der Waals surface area contributed by atoms with Crippen LogP contribution >= 0.6 is 0 Å². The van der Waals surface area contributed by atoms with Gasteiger partial charge in [0.2, 0.25) is 0 Å². The maximum absolute atomic E-state index is 12.6. The number of esters is 2. The van der Waals surface area contributed by atoms with E-state index in [1.54, 1.807) is 31.2 Å². The summed E-state index contributed by atoms with van der Waals surface area (Å²) in [5, 5.41) is 0. The van der Waals surface area contributed by atoms with E-state index in [2.05, 4.69) is 11.5 Å². The Balaban J connectivity index is 1.35. The average Bonchev–Trinajstić information content (AvgIpc) is 3.04. The lowest BCUT2D eigenvalue weighted by molar-refractivity contribution is -0.143. The van der Waals surface area contributed by atoms with Gasteiger partial charge in [0.1, 0.15) is 42.0 Å². The highest BCUT2D eigenvalue weighted by atomic mass is 16.5. The van der Waals surface area contributed by atoms with Gasteiger partial charge in [-0.3, -0.25) is 9.69 Å². The van der Waals surface area contributed by atoms with Gasteiger partial charge in [0.05, 0.1) is 5.41 Å². The minimum atomic E-state index is -0.951. The molecule has 3 aromatic carbocycles. The molecule has 0 amide bonds. The second-order valence-electron chi connectivity index (χ2n) is 13.7. The van der Waals surface area contributed by atoms with Crippen molar-refractivity contribution in [3.05, 3.63) is 89.5 Å². The highest BCUT2D eigenvalue weighted by Gasteiger charge is 2.44. The van der Waals surface area contributed by atoms with E-state index in [0.717, 1.165) is 53.2 Å². The summed E-state index contributed by atoms with van der Waals surface area (Å²) in [6.07, 6.45) is 3.82. The maximum atomic E-state index is 12.6. The monoisotopic (exact) mass is 637 g/mol. The van der Waals surface area contributed by atoms with Crippen molar-refractivity contribution in [2.45, 2.75) is 59.5 Å². The van der Waals surface area contributed by atoms with Crippen LogP contribution in [-0.2, 0) is 15.2 Å². The normalized spacial score (nSPS) is 18.9. The Hall–Kier alpha value is -4.56. The standard InChI is InChI=1S/C39H43NO7/c1-25(2)36(41)45-28-14-16-30-32-24-44-33-22-29(46-37(42)38(3,4)5)15-17-31(33)35(32)39(6,47-34(30)23-28)26-10-12-27(13-11-26)43-21-20-40-18-8-7-9-19-40/h10-17,22-23H,1,7-9,18-21,24H2,2-6H3. The smallest absolute Gasteiger partial charge is 0.338 e. The van der Waals surface area contributed by atoms with Crippen molar-refractivity contribution in [2.24, 2.45) is 5.41 Å². The molecule has 0 N–H and O–H groups in total. The highest BCUT2D eigenvalue weighted by Crippen LogP contribution is 2.55. The van der Waals surface area contributed by atoms with Crippen LogP contribution in [0, 0.1) is 5.41 Å². The van der Waals surface area contributed by atoms with Gasteiger partial charge in [0.15, 0.2) is 5.60 Å². The molecule has 0 bridgehead atoms. The molecule has 0 aromatic heterocycles. The molecule has 6 rings (SSSR count). The van der Waals surface area contributed by atoms with Gasteiger partial charge in [0.25, 0.3) is 0 Å². The van der Waals surface area contributed by atoms with Crippen molar-refractivity contribution in [1.29, 1.82) is 0 Å². The molecule has 0 saturated carbocycles. The summed E-state index contributed by atoms with van der Waals surface area (Å²) >= 11 is 0. The van der Waals surface area contributed by atoms with Gasteiger partial charge in [-0.25, -0.2) is 4.79 Å². The molecule has 0 aliphatic carbocycles. The minimum absolute atomic E-state index is 0.271. The van der Waals surface area contributed by atoms with Crippen LogP contribution < -0.4 is 23.7 Å². The Morgan fingerprint density at radius 3 is 2.19 bits per heavy atom. The second-order valence-corrected chi connectivity index (χ2v) is 13.7. The number of rotatable bonds is 8. The first-order valence-corrected chi connectivity index (χ1v) is 16.3. The molecule has 3 aromatic rings. The topological polar surface area (TPSA) is 83.5 Å². The Morgan fingerprint density at radius 2 is 1.51 bits per heavy atom. The van der Waals surface area contributed by atoms with Crippen molar-refractivity contribution >= 4 is 23.1 Å². The third-order valence-electron chi connectivity index (χ3n) is 8.88. The third kappa shape index (κ3) is 6.79. The Kier molecular flexibility index (Phi) is 8.90. The molecule has 47 heavy (non-hydrogen) atoms. The summed E-state index contributed by atoms with van der Waals surface area (Å²) < 4.78 is 30.6. The van der Waals surface area contributed by atoms with E-state index in [4.69, 9.17) is 23.7 Å². The Labute approximate surface area is 276 Å². The van der Waals surface area contributed by atoms with E-state index in [0.29, 0.717) is 35.2 Å². The molecule has 1 fully saturated rings. The first kappa shape index (κ1) is 32.4. The molecule has 1 unspecified atom stereocenters. The fourth-order valence-electron chi connectivity index (χ4n) is 6.21. The fraction of sp³-hybridized carbons (Fsp3) is 0.385. The Bertz CT molecular complexity index is 1730. The third-order valence-corrected chi connectivity index (χ3v) is 8.88. The predicted molar refractivity (Wildman–Crippen MR) is 181 cm³/mol. The number of hydrogen-bond donors (Lipinski definition) is 0. The molecule has 1 saturated heterocycles. The van der Waals surface area contributed by atoms with Crippen LogP contribution in [0.15, 0.2) is 72.8 Å². The number of likely N-dealkylation sites (tertiary alicyclic amines) is 1. The largest absolute Gasteiger partial charge is 0.492 e. The number of carbonyl (C=O) groups is 2. The lowest BCUT2D eigenvalue weighted by Crippen LogP contribution is -2.37. The Morgan fingerprint density at radius 1 is 0.872 bits per heavy atom. The van der Waals surface area contributed by atoms with E-state index >= 15 is 0 Å². The summed E-state index contributed by atoms with van der Waals surface area (Å²) in [4.78, 5) is 27.4. The van der Waals surface area contributed by atoms with Crippen LogP contribution in [0.5, 0.6) is 28.7 Å². The zero-order valence-corrected chi connectivity index (χ0v) is 27.9. The van der Waals surface area contributed by atoms with Crippen molar-refractivity contribution in [1.82, 2.24) is 4.90 Å². The maximum Gasteiger partial charge on any atom is 0.338 e. The average molecular weight is 638 g/mol. The van der Waals surface area contributed by atoms with Gasteiger partial charge >= 0.3 is 11.9 Å². The number of benzene rings is 3. The van der Waals surface area contributed by atoms with Crippen LogP contribution in [0.4, 0.5) is 0 Å². The molecule has 3 aliphatic heterocycles. The number of nitrogens with zero attached hydrogens (tertiary/aromatic N) is 1. The number of carbonyl (C=O) groups excluding carboxylic acids is 2. The quantitative estimate of drug-likeness (QED) is 0.142. The van der Waals surface area contributed by atoms with Gasteiger partial charge < -0.3 is 23.7 Å². The summed E-state index contributed by atoms with van der Waals surface area (Å²) in [5.41, 5.74) is 3.22. The van der Waals surface area contributed by atoms with Crippen molar-refractivity contribution in [2.75, 3.05) is 32.8 Å².